The first kappa shape index (κ1) is 17.2. The topological polar surface area (TPSA) is 53.8 Å². The SMILES string of the molecule is COC1(CN(C)C)CCN(/C=C2\CCC/C(=C/N)NC2)CC1. The van der Waals surface area contributed by atoms with Gasteiger partial charge in [-0.1, -0.05) is 0 Å². The molecule has 0 spiro atoms. The lowest BCUT2D eigenvalue weighted by Crippen LogP contribution is -2.49. The fourth-order valence-electron chi connectivity index (χ4n) is 3.48. The number of likely N-dealkylation sites (N-methyl/N-ethyl adjacent to an activating group) is 1. The molecule has 2 aliphatic rings. The molecule has 126 valence electrons. The number of piperidine rings is 1. The molecule has 0 bridgehead atoms. The van der Waals surface area contributed by atoms with Crippen molar-refractivity contribution < 1.29 is 4.74 Å². The number of nitrogens with two attached hydrogens (primary N) is 1. The second-order valence-electron chi connectivity index (χ2n) is 6.85. The number of rotatable bonds is 4. The Morgan fingerprint density at radius 2 is 2.05 bits per heavy atom. The summed E-state index contributed by atoms with van der Waals surface area (Å²) in [4.78, 5) is 4.69. The smallest absolute Gasteiger partial charge is 0.0838 e. The van der Waals surface area contributed by atoms with Gasteiger partial charge in [0.2, 0.25) is 0 Å². The molecule has 2 aliphatic heterocycles. The van der Waals surface area contributed by atoms with Crippen LogP contribution >= 0.6 is 0 Å². The molecule has 0 radical (unpaired) electrons. The highest BCUT2D eigenvalue weighted by molar-refractivity contribution is 5.12. The molecule has 5 heteroatoms. The molecule has 22 heavy (non-hydrogen) atoms. The zero-order valence-electron chi connectivity index (χ0n) is 14.4. The summed E-state index contributed by atoms with van der Waals surface area (Å²) in [7, 11) is 6.09. The van der Waals surface area contributed by atoms with Crippen LogP contribution in [-0.2, 0) is 4.74 Å². The maximum atomic E-state index is 5.85. The van der Waals surface area contributed by atoms with E-state index in [1.165, 1.54) is 17.7 Å². The predicted octanol–water partition coefficient (Wildman–Crippen LogP) is 1.49. The summed E-state index contributed by atoms with van der Waals surface area (Å²) < 4.78 is 5.85. The first-order valence-corrected chi connectivity index (χ1v) is 8.35. The average Bonchev–Trinajstić information content (AvgIpc) is 2.74. The zero-order chi connectivity index (χ0) is 16.0. The van der Waals surface area contributed by atoms with Gasteiger partial charge in [0.05, 0.1) is 5.60 Å². The van der Waals surface area contributed by atoms with Crippen molar-refractivity contribution in [2.24, 2.45) is 5.73 Å². The van der Waals surface area contributed by atoms with Crippen LogP contribution in [0.1, 0.15) is 32.1 Å². The second-order valence-corrected chi connectivity index (χ2v) is 6.85. The van der Waals surface area contributed by atoms with Gasteiger partial charge in [-0.05, 0) is 58.0 Å². The first-order chi connectivity index (χ1) is 10.6. The van der Waals surface area contributed by atoms with E-state index in [0.29, 0.717) is 0 Å². The fourth-order valence-corrected chi connectivity index (χ4v) is 3.48. The van der Waals surface area contributed by atoms with Crippen molar-refractivity contribution in [3.05, 3.63) is 23.7 Å². The minimum absolute atomic E-state index is 0.0235. The van der Waals surface area contributed by atoms with Crippen LogP contribution in [0.4, 0.5) is 0 Å². The van der Waals surface area contributed by atoms with Gasteiger partial charge in [0.1, 0.15) is 0 Å². The molecule has 2 heterocycles. The summed E-state index contributed by atoms with van der Waals surface area (Å²) in [6.07, 6.45) is 9.65. The summed E-state index contributed by atoms with van der Waals surface area (Å²) >= 11 is 0. The lowest BCUT2D eigenvalue weighted by atomic mass is 9.90. The Bertz CT molecular complexity index is 409. The predicted molar refractivity (Wildman–Crippen MR) is 91.3 cm³/mol. The minimum Gasteiger partial charge on any atom is -0.403 e. The largest absolute Gasteiger partial charge is 0.403 e. The van der Waals surface area contributed by atoms with Gasteiger partial charge < -0.3 is 25.6 Å². The van der Waals surface area contributed by atoms with Crippen LogP contribution in [0.3, 0.4) is 0 Å². The number of allylic oxidation sites excluding steroid dienone is 1. The molecule has 0 atom stereocenters. The minimum atomic E-state index is 0.0235. The van der Waals surface area contributed by atoms with Gasteiger partial charge >= 0.3 is 0 Å². The van der Waals surface area contributed by atoms with Gasteiger partial charge in [-0.25, -0.2) is 0 Å². The summed E-state index contributed by atoms with van der Waals surface area (Å²) in [6, 6.07) is 0. The summed E-state index contributed by atoms with van der Waals surface area (Å²) in [5, 5.41) is 3.43. The Labute approximate surface area is 135 Å². The lowest BCUT2D eigenvalue weighted by Gasteiger charge is -2.42. The Balaban J connectivity index is 1.89. The van der Waals surface area contributed by atoms with Gasteiger partial charge in [-0.3, -0.25) is 0 Å². The van der Waals surface area contributed by atoms with Crippen molar-refractivity contribution in [3.8, 4) is 0 Å². The van der Waals surface area contributed by atoms with Gasteiger partial charge in [0.15, 0.2) is 0 Å². The summed E-state index contributed by atoms with van der Waals surface area (Å²) in [5.74, 6) is 0. The van der Waals surface area contributed by atoms with E-state index >= 15 is 0 Å². The maximum Gasteiger partial charge on any atom is 0.0838 e. The van der Waals surface area contributed by atoms with Gasteiger partial charge in [0.25, 0.3) is 0 Å². The number of ether oxygens (including phenoxy) is 1. The van der Waals surface area contributed by atoms with Crippen LogP contribution < -0.4 is 11.1 Å². The number of methoxy groups -OCH3 is 1. The number of nitrogens with zero attached hydrogens (tertiary/aromatic N) is 2. The molecule has 3 N–H and O–H groups in total. The molecular weight excluding hydrogens is 276 g/mol. The Morgan fingerprint density at radius 3 is 2.64 bits per heavy atom. The maximum absolute atomic E-state index is 5.85. The number of likely N-dealkylation sites (tertiary alicyclic amines) is 1. The number of hydrogen-bond donors (Lipinski definition) is 2. The highest BCUT2D eigenvalue weighted by Gasteiger charge is 2.34. The molecule has 0 unspecified atom stereocenters. The molecule has 2 rings (SSSR count). The van der Waals surface area contributed by atoms with Crippen molar-refractivity contribution in [1.82, 2.24) is 15.1 Å². The van der Waals surface area contributed by atoms with E-state index in [0.717, 1.165) is 51.9 Å². The van der Waals surface area contributed by atoms with Crippen LogP contribution in [0.5, 0.6) is 0 Å². The van der Waals surface area contributed by atoms with Crippen LogP contribution in [0, 0.1) is 0 Å². The van der Waals surface area contributed by atoms with E-state index in [9.17, 15) is 0 Å². The standard InChI is InChI=1S/C17H32N4O/c1-20(2)14-17(22-3)7-9-21(10-8-17)13-15-5-4-6-16(11-18)19-12-15/h11,13,19H,4-10,12,14,18H2,1-3H3/b15-13+,16-11-. The van der Waals surface area contributed by atoms with Crippen molar-refractivity contribution in [2.75, 3.05) is 47.4 Å². The van der Waals surface area contributed by atoms with E-state index in [1.54, 1.807) is 6.20 Å². The molecule has 2 saturated heterocycles. The zero-order valence-corrected chi connectivity index (χ0v) is 14.4. The lowest BCUT2D eigenvalue weighted by molar-refractivity contribution is -0.0640. The van der Waals surface area contributed by atoms with Crippen LogP contribution in [-0.4, -0.2) is 62.8 Å². The highest BCUT2D eigenvalue weighted by Crippen LogP contribution is 2.27. The first-order valence-electron chi connectivity index (χ1n) is 8.35. The quantitative estimate of drug-likeness (QED) is 0.824. The third-order valence-electron chi connectivity index (χ3n) is 4.80. The Kier molecular flexibility index (Phi) is 6.15. The molecule has 0 amide bonds. The number of nitrogens with one attached hydrogen (secondary N) is 1. The monoisotopic (exact) mass is 308 g/mol. The van der Waals surface area contributed by atoms with E-state index < -0.39 is 0 Å². The molecule has 5 nitrogen and oxygen atoms in total. The molecule has 0 aliphatic carbocycles. The highest BCUT2D eigenvalue weighted by atomic mass is 16.5. The van der Waals surface area contributed by atoms with E-state index in [4.69, 9.17) is 10.5 Å². The molecule has 0 saturated carbocycles. The third-order valence-corrected chi connectivity index (χ3v) is 4.80. The van der Waals surface area contributed by atoms with Gasteiger partial charge in [-0.15, -0.1) is 0 Å². The van der Waals surface area contributed by atoms with Crippen molar-refractivity contribution in [3.63, 3.8) is 0 Å². The molecule has 0 aromatic heterocycles. The summed E-state index contributed by atoms with van der Waals surface area (Å²) in [5.41, 5.74) is 8.29. The van der Waals surface area contributed by atoms with Crippen LogP contribution in [0.15, 0.2) is 23.7 Å². The molecule has 0 aromatic carbocycles. The van der Waals surface area contributed by atoms with E-state index in [-0.39, 0.29) is 5.60 Å². The van der Waals surface area contributed by atoms with Crippen molar-refractivity contribution >= 4 is 0 Å². The molecule has 0 aromatic rings. The fraction of sp³-hybridized carbons (Fsp3) is 0.765. The second kappa shape index (κ2) is 7.88. The average molecular weight is 308 g/mol. The van der Waals surface area contributed by atoms with Crippen LogP contribution in [0.2, 0.25) is 0 Å². The van der Waals surface area contributed by atoms with Crippen molar-refractivity contribution in [1.29, 1.82) is 0 Å². The van der Waals surface area contributed by atoms with Gasteiger partial charge in [0, 0.05) is 45.2 Å². The van der Waals surface area contributed by atoms with Crippen molar-refractivity contribution in [2.45, 2.75) is 37.7 Å². The third kappa shape index (κ3) is 4.65. The van der Waals surface area contributed by atoms with E-state index in [1.807, 2.05) is 7.11 Å². The molecular formula is C17H32N4O. The number of hydrogen-bond acceptors (Lipinski definition) is 5. The Morgan fingerprint density at radius 1 is 1.32 bits per heavy atom. The molecule has 2 fully saturated rings. The van der Waals surface area contributed by atoms with E-state index in [2.05, 4.69) is 35.4 Å². The normalized spacial score (nSPS) is 26.3. The van der Waals surface area contributed by atoms with Gasteiger partial charge in [-0.2, -0.15) is 0 Å². The summed E-state index contributed by atoms with van der Waals surface area (Å²) in [6.45, 7) is 4.07. The Hall–Kier alpha value is -1.20. The van der Waals surface area contributed by atoms with Crippen LogP contribution in [0.25, 0.3) is 0 Å².